The molecule has 0 aromatic carbocycles. The van der Waals surface area contributed by atoms with Crippen LogP contribution in [0.5, 0.6) is 0 Å². The number of ether oxygens (including phenoxy) is 2. The Bertz CT molecular complexity index is 711. The maximum absolute atomic E-state index is 12.1. The summed E-state index contributed by atoms with van der Waals surface area (Å²) in [6.45, 7) is 3.43. The molecule has 0 aromatic rings. The van der Waals surface area contributed by atoms with Crippen molar-refractivity contribution in [2.45, 2.75) is 148 Å². The Kier molecular flexibility index (Phi) is 36.8. The number of carbonyl (C=O) groups excluding carboxylic acids is 3. The zero-order chi connectivity index (χ0) is 29.9. The van der Waals surface area contributed by atoms with Crippen LogP contribution in [0.3, 0.4) is 0 Å². The standard InChI is InChI=1S/C29H56NO9P.2Na/c1-3-4-5-6-12-16-19-22-29(33)39-27(25-38-40(34,35)36)24-37-28(32)21-18-15-13-10-8-7-9-11-14-17-20-23-30-26(2)31;;/h27H,3-25H2,1-2H3,(H,30,31)(H2,34,35,36);;/q;2*+1/p-2/t27-;;/m0../s1. The van der Waals surface area contributed by atoms with Crippen LogP contribution >= 0.6 is 7.82 Å². The van der Waals surface area contributed by atoms with Gasteiger partial charge in [0, 0.05) is 26.3 Å². The zero-order valence-corrected chi connectivity index (χ0v) is 31.9. The molecule has 1 N–H and O–H groups in total. The smallest absolute Gasteiger partial charge is 0.790 e. The summed E-state index contributed by atoms with van der Waals surface area (Å²) < 4.78 is 25.5. The van der Waals surface area contributed by atoms with Gasteiger partial charge in [-0.15, -0.1) is 0 Å². The Hall–Kier alpha value is 0.520. The molecule has 0 saturated heterocycles. The fraction of sp³-hybridized carbons (Fsp3) is 0.897. The van der Waals surface area contributed by atoms with Gasteiger partial charge in [0.15, 0.2) is 6.10 Å². The van der Waals surface area contributed by atoms with Crippen LogP contribution in [0.2, 0.25) is 0 Å². The molecule has 0 bridgehead atoms. The van der Waals surface area contributed by atoms with E-state index in [4.69, 9.17) is 9.47 Å². The molecule has 0 saturated carbocycles. The average Bonchev–Trinajstić information content (AvgIpc) is 2.89. The summed E-state index contributed by atoms with van der Waals surface area (Å²) in [4.78, 5) is 56.7. The van der Waals surface area contributed by atoms with E-state index in [1.165, 1.54) is 58.3 Å². The van der Waals surface area contributed by atoms with Crippen molar-refractivity contribution in [1.82, 2.24) is 5.32 Å². The predicted molar refractivity (Wildman–Crippen MR) is 151 cm³/mol. The van der Waals surface area contributed by atoms with Gasteiger partial charge in [-0.25, -0.2) is 0 Å². The van der Waals surface area contributed by atoms with Gasteiger partial charge in [-0.2, -0.15) is 0 Å². The summed E-state index contributed by atoms with van der Waals surface area (Å²) in [5, 5.41) is 2.81. The Balaban J connectivity index is -0.00000760. The Morgan fingerprint density at radius 1 is 0.667 bits per heavy atom. The van der Waals surface area contributed by atoms with E-state index in [0.29, 0.717) is 12.8 Å². The van der Waals surface area contributed by atoms with E-state index in [9.17, 15) is 28.7 Å². The van der Waals surface area contributed by atoms with Gasteiger partial charge < -0.3 is 33.7 Å². The van der Waals surface area contributed by atoms with E-state index in [2.05, 4.69) is 16.8 Å². The van der Waals surface area contributed by atoms with Gasteiger partial charge >= 0.3 is 71.1 Å². The number of esters is 2. The van der Waals surface area contributed by atoms with Crippen LogP contribution in [0, 0.1) is 0 Å². The minimum absolute atomic E-state index is 0. The number of phosphoric ester groups is 1. The third-order valence-corrected chi connectivity index (χ3v) is 7.03. The molecule has 0 rings (SSSR count). The molecule has 13 heteroatoms. The van der Waals surface area contributed by atoms with Gasteiger partial charge in [0.25, 0.3) is 0 Å². The van der Waals surface area contributed by atoms with Gasteiger partial charge in [-0.3, -0.25) is 14.4 Å². The van der Waals surface area contributed by atoms with Crippen LogP contribution in [-0.2, 0) is 32.9 Å². The number of hydrogen-bond donors (Lipinski definition) is 1. The molecule has 0 aliphatic carbocycles. The van der Waals surface area contributed by atoms with Crippen LogP contribution in [0.25, 0.3) is 0 Å². The van der Waals surface area contributed by atoms with Crippen LogP contribution in [0.15, 0.2) is 0 Å². The first kappa shape index (κ1) is 46.9. The molecule has 0 heterocycles. The zero-order valence-electron chi connectivity index (χ0n) is 27.0. The number of phosphoric acid groups is 1. The van der Waals surface area contributed by atoms with Crippen molar-refractivity contribution >= 4 is 25.7 Å². The minimum atomic E-state index is -5.24. The van der Waals surface area contributed by atoms with Crippen molar-refractivity contribution in [2.24, 2.45) is 0 Å². The van der Waals surface area contributed by atoms with Crippen LogP contribution in [0.1, 0.15) is 142 Å². The van der Waals surface area contributed by atoms with Gasteiger partial charge in [0.1, 0.15) is 6.61 Å². The molecule has 0 fully saturated rings. The second kappa shape index (κ2) is 32.9. The van der Waals surface area contributed by atoms with Crippen molar-refractivity contribution in [3.63, 3.8) is 0 Å². The molecule has 1 atom stereocenters. The molecule has 0 unspecified atom stereocenters. The maximum atomic E-state index is 12.1. The molecule has 0 aromatic heterocycles. The largest absolute Gasteiger partial charge is 1.00 e. The summed E-state index contributed by atoms with van der Waals surface area (Å²) in [5.41, 5.74) is 0. The SMILES string of the molecule is CCCCCCCCCC(=O)O[C@@H](COC(=O)CCCCCCCCCCCCCNC(C)=O)COP(=O)([O-])[O-].[Na+].[Na+]. The molecule has 0 spiro atoms. The van der Waals surface area contributed by atoms with Crippen LogP contribution in [0.4, 0.5) is 0 Å². The molecule has 42 heavy (non-hydrogen) atoms. The number of nitrogens with one attached hydrogen (secondary N) is 1. The van der Waals surface area contributed by atoms with Crippen LogP contribution in [-0.4, -0.2) is 43.7 Å². The normalized spacial score (nSPS) is 11.6. The Labute approximate surface area is 298 Å². The topological polar surface area (TPSA) is 154 Å². The summed E-state index contributed by atoms with van der Waals surface area (Å²) in [6, 6.07) is 0. The third kappa shape index (κ3) is 36.7. The van der Waals surface area contributed by atoms with E-state index in [1.54, 1.807) is 0 Å². The van der Waals surface area contributed by atoms with Gasteiger partial charge in [-0.05, 0) is 19.3 Å². The molecule has 0 aliphatic rings. The second-order valence-corrected chi connectivity index (χ2v) is 11.7. The fourth-order valence-electron chi connectivity index (χ4n) is 4.27. The fourth-order valence-corrected chi connectivity index (χ4v) is 4.62. The summed E-state index contributed by atoms with van der Waals surface area (Å²) in [6.07, 6.45) is 18.5. The van der Waals surface area contributed by atoms with Gasteiger partial charge in [0.2, 0.25) is 5.91 Å². The van der Waals surface area contributed by atoms with E-state index in [1.807, 2.05) is 0 Å². The predicted octanol–water partition coefficient (Wildman–Crippen LogP) is -0.747. The molecule has 1 amide bonds. The van der Waals surface area contributed by atoms with Gasteiger partial charge in [-0.1, -0.05) is 103 Å². The van der Waals surface area contributed by atoms with Crippen molar-refractivity contribution in [3.8, 4) is 0 Å². The molecule has 0 radical (unpaired) electrons. The minimum Gasteiger partial charge on any atom is -0.790 e. The monoisotopic (exact) mass is 637 g/mol. The summed E-state index contributed by atoms with van der Waals surface area (Å²) >= 11 is 0. The number of carbonyl (C=O) groups is 3. The van der Waals surface area contributed by atoms with Crippen molar-refractivity contribution < 1.29 is 102 Å². The van der Waals surface area contributed by atoms with E-state index in [-0.39, 0.29) is 84.5 Å². The van der Waals surface area contributed by atoms with E-state index in [0.717, 1.165) is 57.9 Å². The Morgan fingerprint density at radius 3 is 1.55 bits per heavy atom. The van der Waals surface area contributed by atoms with Crippen LogP contribution < -0.4 is 74.2 Å². The number of rotatable bonds is 28. The summed E-state index contributed by atoms with van der Waals surface area (Å²) in [5.74, 6) is -0.967. The first-order valence-electron chi connectivity index (χ1n) is 15.4. The first-order chi connectivity index (χ1) is 19.1. The average molecular weight is 638 g/mol. The van der Waals surface area contributed by atoms with Crippen molar-refractivity contribution in [2.75, 3.05) is 19.8 Å². The quantitative estimate of drug-likeness (QED) is 0.0505. The van der Waals surface area contributed by atoms with E-state index >= 15 is 0 Å². The number of amides is 1. The second-order valence-electron chi connectivity index (χ2n) is 10.5. The van der Waals surface area contributed by atoms with Crippen molar-refractivity contribution in [1.29, 1.82) is 0 Å². The first-order valence-corrected chi connectivity index (χ1v) is 16.9. The Morgan fingerprint density at radius 2 is 1.10 bits per heavy atom. The number of unbranched alkanes of at least 4 members (excludes halogenated alkanes) is 16. The molecular formula is C29H54NNa2O9P. The van der Waals surface area contributed by atoms with Crippen molar-refractivity contribution in [3.05, 3.63) is 0 Å². The number of hydrogen-bond acceptors (Lipinski definition) is 9. The molecular weight excluding hydrogens is 583 g/mol. The molecule has 10 nitrogen and oxygen atoms in total. The third-order valence-electron chi connectivity index (χ3n) is 6.56. The maximum Gasteiger partial charge on any atom is 1.00 e. The molecule has 236 valence electrons. The molecule has 0 aliphatic heterocycles. The summed E-state index contributed by atoms with van der Waals surface area (Å²) in [7, 11) is -5.24. The van der Waals surface area contributed by atoms with Gasteiger partial charge in [0.05, 0.1) is 14.4 Å². The van der Waals surface area contributed by atoms with E-state index < -0.39 is 32.5 Å².